The summed E-state index contributed by atoms with van der Waals surface area (Å²) >= 11 is 0. The second kappa shape index (κ2) is 7.30. The van der Waals surface area contributed by atoms with Crippen LogP contribution in [0.3, 0.4) is 0 Å². The van der Waals surface area contributed by atoms with Gasteiger partial charge < -0.3 is 15.4 Å². The van der Waals surface area contributed by atoms with E-state index >= 15 is 0 Å². The molecular formula is C16H29ClN2O2. The molecule has 2 aliphatic carbocycles. The lowest BCUT2D eigenvalue weighted by Crippen LogP contribution is -2.50. The highest BCUT2D eigenvalue weighted by atomic mass is 35.5. The summed E-state index contributed by atoms with van der Waals surface area (Å²) in [6.45, 7) is 5.38. The first-order valence-corrected chi connectivity index (χ1v) is 8.32. The van der Waals surface area contributed by atoms with Crippen molar-refractivity contribution in [3.05, 3.63) is 0 Å². The predicted octanol–water partition coefficient (Wildman–Crippen LogP) is 2.06. The number of carbonyl (C=O) groups is 1. The number of fused-ring (bicyclic) bond motifs is 2. The van der Waals surface area contributed by atoms with Crippen LogP contribution < -0.4 is 5.73 Å². The molecule has 21 heavy (non-hydrogen) atoms. The van der Waals surface area contributed by atoms with Crippen LogP contribution in [0.1, 0.15) is 39.0 Å². The number of nitrogens with two attached hydrogens (primary N) is 1. The number of carbonyl (C=O) groups excluding carboxylic acids is 1. The SMILES string of the molecule is CCOCC1CCCN(C(=O)C2C3CCC(C3)C2N)C1.Cl. The number of hydrogen-bond donors (Lipinski definition) is 1. The van der Waals surface area contributed by atoms with Gasteiger partial charge >= 0.3 is 0 Å². The third-order valence-corrected chi connectivity index (χ3v) is 5.65. The van der Waals surface area contributed by atoms with Gasteiger partial charge in [0.25, 0.3) is 0 Å². The Labute approximate surface area is 134 Å². The molecule has 3 aliphatic rings. The Kier molecular flexibility index (Phi) is 5.92. The van der Waals surface area contributed by atoms with Gasteiger partial charge in [0.1, 0.15) is 0 Å². The first-order valence-electron chi connectivity index (χ1n) is 8.32. The zero-order chi connectivity index (χ0) is 14.1. The Morgan fingerprint density at radius 3 is 2.71 bits per heavy atom. The summed E-state index contributed by atoms with van der Waals surface area (Å²) in [4.78, 5) is 14.9. The molecule has 2 N–H and O–H groups in total. The molecule has 122 valence electrons. The topological polar surface area (TPSA) is 55.6 Å². The second-order valence-corrected chi connectivity index (χ2v) is 6.89. The van der Waals surface area contributed by atoms with Gasteiger partial charge in [-0.25, -0.2) is 0 Å². The minimum absolute atomic E-state index is 0. The second-order valence-electron chi connectivity index (χ2n) is 6.89. The van der Waals surface area contributed by atoms with Gasteiger partial charge in [0.2, 0.25) is 5.91 Å². The molecule has 0 aromatic carbocycles. The number of likely N-dealkylation sites (tertiary alicyclic amines) is 1. The smallest absolute Gasteiger partial charge is 0.227 e. The molecule has 5 heteroatoms. The molecule has 1 aliphatic heterocycles. The molecule has 1 amide bonds. The maximum atomic E-state index is 12.8. The maximum Gasteiger partial charge on any atom is 0.227 e. The molecule has 1 saturated heterocycles. The Morgan fingerprint density at radius 1 is 1.29 bits per heavy atom. The number of ether oxygens (including phenoxy) is 1. The van der Waals surface area contributed by atoms with Gasteiger partial charge in [-0.2, -0.15) is 0 Å². The van der Waals surface area contributed by atoms with E-state index in [9.17, 15) is 4.79 Å². The summed E-state index contributed by atoms with van der Waals surface area (Å²) in [6.07, 6.45) is 5.94. The molecule has 3 rings (SSSR count). The fourth-order valence-electron chi connectivity index (χ4n) is 4.60. The number of halogens is 1. The fraction of sp³-hybridized carbons (Fsp3) is 0.938. The lowest BCUT2D eigenvalue weighted by atomic mass is 9.83. The van der Waals surface area contributed by atoms with E-state index in [0.29, 0.717) is 23.7 Å². The Morgan fingerprint density at radius 2 is 2.05 bits per heavy atom. The van der Waals surface area contributed by atoms with Crippen LogP contribution in [-0.4, -0.2) is 43.2 Å². The number of nitrogens with zero attached hydrogens (tertiary/aromatic N) is 1. The third-order valence-electron chi connectivity index (χ3n) is 5.65. The van der Waals surface area contributed by atoms with Crippen LogP contribution in [0.15, 0.2) is 0 Å². The standard InChI is InChI=1S/C16H28N2O2.ClH/c1-2-20-10-11-4-3-7-18(9-11)16(19)14-12-5-6-13(8-12)15(14)17;/h11-15H,2-10,17H2,1H3;1H. The molecule has 0 radical (unpaired) electrons. The van der Waals surface area contributed by atoms with Gasteiger partial charge in [0.05, 0.1) is 12.5 Å². The minimum atomic E-state index is 0. The number of piperidine rings is 1. The maximum absolute atomic E-state index is 12.8. The van der Waals surface area contributed by atoms with E-state index in [4.69, 9.17) is 10.5 Å². The van der Waals surface area contributed by atoms with Crippen LogP contribution in [0.5, 0.6) is 0 Å². The Bertz CT molecular complexity index is 364. The van der Waals surface area contributed by atoms with Crippen molar-refractivity contribution in [1.82, 2.24) is 4.90 Å². The molecule has 2 bridgehead atoms. The van der Waals surface area contributed by atoms with Crippen LogP contribution in [0.25, 0.3) is 0 Å². The van der Waals surface area contributed by atoms with Crippen LogP contribution >= 0.6 is 12.4 Å². The van der Waals surface area contributed by atoms with Gasteiger partial charge in [-0.3, -0.25) is 4.79 Å². The highest BCUT2D eigenvalue weighted by molar-refractivity contribution is 5.85. The first-order chi connectivity index (χ1) is 9.70. The van der Waals surface area contributed by atoms with Crippen LogP contribution in [0.2, 0.25) is 0 Å². The lowest BCUT2D eigenvalue weighted by molar-refractivity contribution is -0.140. The molecule has 0 aromatic heterocycles. The summed E-state index contributed by atoms with van der Waals surface area (Å²) in [5.41, 5.74) is 6.31. The Hall–Kier alpha value is -0.320. The molecular weight excluding hydrogens is 288 g/mol. The van der Waals surface area contributed by atoms with Crippen LogP contribution in [-0.2, 0) is 9.53 Å². The molecule has 5 unspecified atom stereocenters. The molecule has 0 aromatic rings. The van der Waals surface area contributed by atoms with E-state index in [1.807, 2.05) is 6.92 Å². The van der Waals surface area contributed by atoms with Crippen molar-refractivity contribution in [3.63, 3.8) is 0 Å². The molecule has 3 fully saturated rings. The Balaban J connectivity index is 0.00000161. The molecule has 1 heterocycles. The highest BCUT2D eigenvalue weighted by Gasteiger charge is 2.50. The van der Waals surface area contributed by atoms with E-state index in [1.54, 1.807) is 0 Å². The van der Waals surface area contributed by atoms with Crippen molar-refractivity contribution < 1.29 is 9.53 Å². The van der Waals surface area contributed by atoms with Crippen molar-refractivity contribution in [2.24, 2.45) is 29.4 Å². The number of rotatable bonds is 4. The van der Waals surface area contributed by atoms with Gasteiger partial charge in [0.15, 0.2) is 0 Å². The highest BCUT2D eigenvalue weighted by Crippen LogP contribution is 2.48. The lowest BCUT2D eigenvalue weighted by Gasteiger charge is -2.37. The fourth-order valence-corrected chi connectivity index (χ4v) is 4.60. The van der Waals surface area contributed by atoms with Crippen molar-refractivity contribution in [1.29, 1.82) is 0 Å². The zero-order valence-corrected chi connectivity index (χ0v) is 13.8. The van der Waals surface area contributed by atoms with Crippen molar-refractivity contribution in [2.45, 2.75) is 45.1 Å². The van der Waals surface area contributed by atoms with Gasteiger partial charge in [-0.1, -0.05) is 0 Å². The van der Waals surface area contributed by atoms with E-state index in [2.05, 4.69) is 4.90 Å². The molecule has 4 nitrogen and oxygen atoms in total. The average molecular weight is 317 g/mol. The average Bonchev–Trinajstić information content (AvgIpc) is 3.05. The van der Waals surface area contributed by atoms with E-state index in [1.165, 1.54) is 25.7 Å². The van der Waals surface area contributed by atoms with Crippen LogP contribution in [0, 0.1) is 23.7 Å². The summed E-state index contributed by atoms with van der Waals surface area (Å²) in [6, 6.07) is 0.119. The van der Waals surface area contributed by atoms with Crippen molar-refractivity contribution in [2.75, 3.05) is 26.3 Å². The molecule has 2 saturated carbocycles. The molecule has 0 spiro atoms. The first kappa shape index (κ1) is 17.0. The van der Waals surface area contributed by atoms with Gasteiger partial charge in [-0.15, -0.1) is 12.4 Å². The quantitative estimate of drug-likeness (QED) is 0.863. The van der Waals surface area contributed by atoms with Crippen molar-refractivity contribution in [3.8, 4) is 0 Å². The van der Waals surface area contributed by atoms with Crippen LogP contribution in [0.4, 0.5) is 0 Å². The molecule has 5 atom stereocenters. The van der Waals surface area contributed by atoms with Crippen molar-refractivity contribution >= 4 is 18.3 Å². The van der Waals surface area contributed by atoms with E-state index in [0.717, 1.165) is 32.7 Å². The number of hydrogen-bond acceptors (Lipinski definition) is 3. The summed E-state index contributed by atoms with van der Waals surface area (Å²) in [5.74, 6) is 2.14. The minimum Gasteiger partial charge on any atom is -0.381 e. The normalized spacial score (nSPS) is 38.4. The zero-order valence-electron chi connectivity index (χ0n) is 13.0. The monoisotopic (exact) mass is 316 g/mol. The number of amides is 1. The van der Waals surface area contributed by atoms with Gasteiger partial charge in [0, 0.05) is 25.7 Å². The predicted molar refractivity (Wildman–Crippen MR) is 85.3 cm³/mol. The summed E-state index contributed by atoms with van der Waals surface area (Å²) < 4.78 is 5.53. The third kappa shape index (κ3) is 3.38. The van der Waals surface area contributed by atoms with E-state index < -0.39 is 0 Å². The summed E-state index contributed by atoms with van der Waals surface area (Å²) in [5, 5.41) is 0. The van der Waals surface area contributed by atoms with Gasteiger partial charge in [-0.05, 0) is 56.8 Å². The summed E-state index contributed by atoms with van der Waals surface area (Å²) in [7, 11) is 0. The largest absolute Gasteiger partial charge is 0.381 e. The van der Waals surface area contributed by atoms with E-state index in [-0.39, 0.29) is 24.4 Å².